The average Bonchev–Trinajstić information content (AvgIpc) is 2.70. The minimum atomic E-state index is -0.707. The van der Waals surface area contributed by atoms with Crippen molar-refractivity contribution in [2.75, 3.05) is 19.0 Å². The lowest BCUT2D eigenvalue weighted by Crippen LogP contribution is -2.33. The largest absolute Gasteiger partial charge is 0.497 e. The van der Waals surface area contributed by atoms with Crippen LogP contribution in [0.1, 0.15) is 23.7 Å². The topological polar surface area (TPSA) is 76.7 Å². The summed E-state index contributed by atoms with van der Waals surface area (Å²) in [6.45, 7) is 5.77. The van der Waals surface area contributed by atoms with Crippen LogP contribution in [-0.2, 0) is 4.79 Å². The number of methoxy groups -OCH3 is 1. The van der Waals surface area contributed by atoms with Crippen LogP contribution >= 0.6 is 0 Å². The molecular weight excluding hydrogens is 344 g/mol. The minimum absolute atomic E-state index is 0.285. The monoisotopic (exact) mass is 368 g/mol. The van der Waals surface area contributed by atoms with E-state index in [4.69, 9.17) is 9.47 Å². The van der Waals surface area contributed by atoms with Crippen LogP contribution in [-0.4, -0.2) is 31.6 Å². The quantitative estimate of drug-likeness (QED) is 0.665. The summed E-state index contributed by atoms with van der Waals surface area (Å²) in [6.07, 6.45) is 1.35. The molecule has 0 fully saturated rings. The van der Waals surface area contributed by atoms with Crippen molar-refractivity contribution < 1.29 is 19.1 Å². The highest BCUT2D eigenvalue weighted by atomic mass is 16.5. The molecule has 2 aromatic carbocycles. The first kappa shape index (κ1) is 20.0. The Labute approximate surface area is 159 Å². The molecule has 0 aliphatic rings. The van der Waals surface area contributed by atoms with Gasteiger partial charge in [0.1, 0.15) is 11.5 Å². The summed E-state index contributed by atoms with van der Waals surface area (Å²) in [5, 5.41) is 5.49. The van der Waals surface area contributed by atoms with Gasteiger partial charge in [-0.15, -0.1) is 6.58 Å². The van der Waals surface area contributed by atoms with E-state index in [0.717, 1.165) is 0 Å². The fourth-order valence-electron chi connectivity index (χ4n) is 2.42. The van der Waals surface area contributed by atoms with Crippen molar-refractivity contribution in [2.24, 2.45) is 0 Å². The molecule has 0 aliphatic carbocycles. The molecule has 1 unspecified atom stereocenters. The van der Waals surface area contributed by atoms with Crippen molar-refractivity contribution >= 4 is 17.5 Å². The second kappa shape index (κ2) is 10.0. The molecule has 0 saturated heterocycles. The van der Waals surface area contributed by atoms with Crippen LogP contribution in [0.5, 0.6) is 11.5 Å². The number of hydrogen-bond donors (Lipinski definition) is 2. The van der Waals surface area contributed by atoms with Gasteiger partial charge in [-0.3, -0.25) is 9.59 Å². The zero-order chi connectivity index (χ0) is 19.6. The Hall–Kier alpha value is -3.28. The van der Waals surface area contributed by atoms with Gasteiger partial charge in [0.25, 0.3) is 11.8 Å². The van der Waals surface area contributed by atoms with Crippen molar-refractivity contribution in [3.8, 4) is 11.5 Å². The second-order valence-corrected chi connectivity index (χ2v) is 5.73. The summed E-state index contributed by atoms with van der Waals surface area (Å²) >= 11 is 0. The molecule has 1 atom stereocenters. The van der Waals surface area contributed by atoms with Crippen LogP contribution in [0.4, 0.5) is 5.69 Å². The van der Waals surface area contributed by atoms with Gasteiger partial charge in [0.15, 0.2) is 6.10 Å². The standard InChI is InChI=1S/C21H24N2O4/c1-4-13-22-20(24)17-11-6-7-12-18(17)23-21(25)19(5-2)27-16-10-8-9-15(14-16)26-3/h4,6-12,14,19H,1,5,13H2,2-3H3,(H,22,24)(H,23,25). The highest BCUT2D eigenvalue weighted by Crippen LogP contribution is 2.22. The van der Waals surface area contributed by atoms with Crippen LogP contribution in [0, 0.1) is 0 Å². The van der Waals surface area contributed by atoms with E-state index in [1.54, 1.807) is 61.7 Å². The summed E-state index contributed by atoms with van der Waals surface area (Å²) in [4.78, 5) is 24.9. The number of hydrogen-bond acceptors (Lipinski definition) is 4. The number of anilines is 1. The summed E-state index contributed by atoms with van der Waals surface area (Å²) in [7, 11) is 1.57. The molecule has 2 rings (SSSR count). The lowest BCUT2D eigenvalue weighted by atomic mass is 10.1. The normalized spacial score (nSPS) is 11.2. The summed E-state index contributed by atoms with van der Waals surface area (Å²) in [5.74, 6) is 0.567. The molecular formula is C21H24N2O4. The molecule has 2 amide bonds. The van der Waals surface area contributed by atoms with E-state index in [-0.39, 0.29) is 11.8 Å². The van der Waals surface area contributed by atoms with E-state index >= 15 is 0 Å². The molecule has 0 aromatic heterocycles. The lowest BCUT2D eigenvalue weighted by molar-refractivity contribution is -0.122. The first-order valence-electron chi connectivity index (χ1n) is 8.68. The van der Waals surface area contributed by atoms with E-state index in [9.17, 15) is 9.59 Å². The molecule has 142 valence electrons. The second-order valence-electron chi connectivity index (χ2n) is 5.73. The maximum Gasteiger partial charge on any atom is 0.265 e. The molecule has 0 spiro atoms. The Balaban J connectivity index is 2.12. The van der Waals surface area contributed by atoms with E-state index < -0.39 is 6.10 Å². The van der Waals surface area contributed by atoms with Crippen molar-refractivity contribution in [3.63, 3.8) is 0 Å². The zero-order valence-electron chi connectivity index (χ0n) is 15.5. The van der Waals surface area contributed by atoms with Crippen molar-refractivity contribution in [2.45, 2.75) is 19.4 Å². The molecule has 2 N–H and O–H groups in total. The van der Waals surface area contributed by atoms with Crippen molar-refractivity contribution in [3.05, 3.63) is 66.7 Å². The van der Waals surface area contributed by atoms with Crippen LogP contribution in [0.2, 0.25) is 0 Å². The fraction of sp³-hybridized carbons (Fsp3) is 0.238. The third-order valence-electron chi connectivity index (χ3n) is 3.82. The Morgan fingerprint density at radius 3 is 2.59 bits per heavy atom. The molecule has 2 aromatic rings. The highest BCUT2D eigenvalue weighted by Gasteiger charge is 2.21. The smallest absolute Gasteiger partial charge is 0.265 e. The van der Waals surface area contributed by atoms with Crippen LogP contribution in [0.3, 0.4) is 0 Å². The van der Waals surface area contributed by atoms with Crippen molar-refractivity contribution in [1.82, 2.24) is 5.32 Å². The van der Waals surface area contributed by atoms with Gasteiger partial charge in [-0.25, -0.2) is 0 Å². The van der Waals surface area contributed by atoms with Gasteiger partial charge in [-0.2, -0.15) is 0 Å². The van der Waals surface area contributed by atoms with Crippen LogP contribution in [0.25, 0.3) is 0 Å². The third-order valence-corrected chi connectivity index (χ3v) is 3.82. The van der Waals surface area contributed by atoms with E-state index in [1.165, 1.54) is 0 Å². The SMILES string of the molecule is C=CCNC(=O)c1ccccc1NC(=O)C(CC)Oc1cccc(OC)c1. The Kier molecular flexibility index (Phi) is 7.43. The fourth-order valence-corrected chi connectivity index (χ4v) is 2.42. The Morgan fingerprint density at radius 1 is 1.15 bits per heavy atom. The first-order chi connectivity index (χ1) is 13.1. The highest BCUT2D eigenvalue weighted by molar-refractivity contribution is 6.04. The summed E-state index contributed by atoms with van der Waals surface area (Å²) in [5.41, 5.74) is 0.806. The minimum Gasteiger partial charge on any atom is -0.497 e. The first-order valence-corrected chi connectivity index (χ1v) is 8.68. The van der Waals surface area contributed by atoms with Gasteiger partial charge in [-0.05, 0) is 30.7 Å². The molecule has 0 radical (unpaired) electrons. The number of ether oxygens (including phenoxy) is 2. The van der Waals surface area contributed by atoms with Crippen molar-refractivity contribution in [1.29, 1.82) is 0 Å². The maximum absolute atomic E-state index is 12.7. The van der Waals surface area contributed by atoms with Gasteiger partial charge >= 0.3 is 0 Å². The number of carbonyl (C=O) groups is 2. The molecule has 0 heterocycles. The number of nitrogens with one attached hydrogen (secondary N) is 2. The van der Waals surface area contributed by atoms with Gasteiger partial charge in [0.05, 0.1) is 18.4 Å². The van der Waals surface area contributed by atoms with E-state index in [2.05, 4.69) is 17.2 Å². The van der Waals surface area contributed by atoms with Gasteiger partial charge < -0.3 is 20.1 Å². The Morgan fingerprint density at radius 2 is 1.89 bits per heavy atom. The van der Waals surface area contributed by atoms with E-state index in [0.29, 0.717) is 35.7 Å². The molecule has 0 bridgehead atoms. The average molecular weight is 368 g/mol. The van der Waals surface area contributed by atoms with Gasteiger partial charge in [-0.1, -0.05) is 31.2 Å². The number of amides is 2. The third kappa shape index (κ3) is 5.60. The number of benzene rings is 2. The summed E-state index contributed by atoms with van der Waals surface area (Å²) < 4.78 is 11.0. The number of rotatable bonds is 9. The molecule has 0 saturated carbocycles. The predicted molar refractivity (Wildman–Crippen MR) is 105 cm³/mol. The summed E-state index contributed by atoms with van der Waals surface area (Å²) in [6, 6.07) is 13.9. The molecule has 27 heavy (non-hydrogen) atoms. The Bertz CT molecular complexity index is 804. The van der Waals surface area contributed by atoms with Gasteiger partial charge in [0, 0.05) is 12.6 Å². The molecule has 0 aliphatic heterocycles. The number of para-hydroxylation sites is 1. The predicted octanol–water partition coefficient (Wildman–Crippen LogP) is 3.41. The number of carbonyl (C=O) groups excluding carboxylic acids is 2. The molecule has 6 heteroatoms. The maximum atomic E-state index is 12.7. The van der Waals surface area contributed by atoms with Gasteiger partial charge in [0.2, 0.25) is 0 Å². The molecule has 6 nitrogen and oxygen atoms in total. The van der Waals surface area contributed by atoms with Crippen LogP contribution < -0.4 is 20.1 Å². The van der Waals surface area contributed by atoms with Crippen LogP contribution in [0.15, 0.2) is 61.2 Å². The van der Waals surface area contributed by atoms with E-state index in [1.807, 2.05) is 6.92 Å². The zero-order valence-corrected chi connectivity index (χ0v) is 15.5. The lowest BCUT2D eigenvalue weighted by Gasteiger charge is -2.18.